The van der Waals surface area contributed by atoms with Gasteiger partial charge in [0.2, 0.25) is 0 Å². The maximum absolute atomic E-state index is 10.8. The van der Waals surface area contributed by atoms with Crippen molar-refractivity contribution in [3.63, 3.8) is 0 Å². The van der Waals surface area contributed by atoms with Crippen molar-refractivity contribution >= 4 is 11.8 Å². The van der Waals surface area contributed by atoms with E-state index in [2.05, 4.69) is 4.98 Å². The first kappa shape index (κ1) is 11.2. The Hall–Kier alpha value is -2.30. The van der Waals surface area contributed by atoms with Crippen molar-refractivity contribution in [1.82, 2.24) is 4.98 Å². The monoisotopic (exact) mass is 232 g/mol. The Morgan fingerprint density at radius 2 is 2.35 bits per heavy atom. The van der Waals surface area contributed by atoms with Crippen LogP contribution >= 0.6 is 0 Å². The molecule has 2 aromatic rings. The number of carbonyl (C=O) groups is 1. The molecule has 0 aliphatic rings. The van der Waals surface area contributed by atoms with E-state index in [1.807, 2.05) is 24.1 Å². The summed E-state index contributed by atoms with van der Waals surface area (Å²) in [5.74, 6) is 0.441. The van der Waals surface area contributed by atoms with Crippen LogP contribution in [0.2, 0.25) is 0 Å². The number of aromatic nitrogens is 1. The fraction of sp³-hybridized carbons (Fsp3) is 0.167. The van der Waals surface area contributed by atoms with Crippen LogP contribution in [0.25, 0.3) is 0 Å². The third-order valence-electron chi connectivity index (χ3n) is 2.36. The van der Waals surface area contributed by atoms with E-state index < -0.39 is 5.97 Å². The Kier molecular flexibility index (Phi) is 3.09. The van der Waals surface area contributed by atoms with Crippen LogP contribution in [0, 0.1) is 0 Å². The zero-order valence-electron chi connectivity index (χ0n) is 9.33. The number of carboxylic acids is 1. The van der Waals surface area contributed by atoms with Crippen LogP contribution in [0.3, 0.4) is 0 Å². The number of rotatable bonds is 4. The fourth-order valence-corrected chi connectivity index (χ4v) is 1.48. The molecule has 0 aliphatic carbocycles. The van der Waals surface area contributed by atoms with Gasteiger partial charge in [0, 0.05) is 13.2 Å². The molecular formula is C12H12N2O3. The van der Waals surface area contributed by atoms with Crippen molar-refractivity contribution in [3.05, 3.63) is 48.0 Å². The average molecular weight is 232 g/mol. The normalized spacial score (nSPS) is 10.2. The molecular weight excluding hydrogens is 220 g/mol. The second-order valence-corrected chi connectivity index (χ2v) is 3.64. The maximum atomic E-state index is 10.8. The van der Waals surface area contributed by atoms with Gasteiger partial charge in [-0.3, -0.25) is 0 Å². The summed E-state index contributed by atoms with van der Waals surface area (Å²) in [6.45, 7) is 0.545. The van der Waals surface area contributed by atoms with Gasteiger partial charge in [0.15, 0.2) is 0 Å². The van der Waals surface area contributed by atoms with Gasteiger partial charge in [-0.15, -0.1) is 0 Å². The number of pyridine rings is 1. The van der Waals surface area contributed by atoms with Crippen LogP contribution in [-0.4, -0.2) is 23.1 Å². The van der Waals surface area contributed by atoms with Crippen molar-refractivity contribution in [3.8, 4) is 0 Å². The van der Waals surface area contributed by atoms with E-state index in [4.69, 9.17) is 9.52 Å². The molecule has 0 saturated heterocycles. The Bertz CT molecular complexity index is 508. The lowest BCUT2D eigenvalue weighted by molar-refractivity contribution is 0.0697. The molecule has 5 nitrogen and oxygen atoms in total. The number of hydrogen-bond donors (Lipinski definition) is 1. The van der Waals surface area contributed by atoms with Gasteiger partial charge in [0.1, 0.15) is 11.6 Å². The van der Waals surface area contributed by atoms with Crippen molar-refractivity contribution in [2.75, 3.05) is 11.9 Å². The molecule has 0 aromatic carbocycles. The Balaban J connectivity index is 2.16. The summed E-state index contributed by atoms with van der Waals surface area (Å²) >= 11 is 0. The van der Waals surface area contributed by atoms with Crippen LogP contribution in [-0.2, 0) is 6.54 Å². The lowest BCUT2D eigenvalue weighted by atomic mass is 10.2. The molecule has 2 aromatic heterocycles. The quantitative estimate of drug-likeness (QED) is 0.873. The zero-order valence-corrected chi connectivity index (χ0v) is 9.33. The number of nitrogens with zero attached hydrogens (tertiary/aromatic N) is 2. The van der Waals surface area contributed by atoms with Gasteiger partial charge >= 0.3 is 5.97 Å². The van der Waals surface area contributed by atoms with Crippen molar-refractivity contribution in [2.45, 2.75) is 6.54 Å². The third kappa shape index (κ3) is 2.63. The Morgan fingerprint density at radius 1 is 1.53 bits per heavy atom. The van der Waals surface area contributed by atoms with Gasteiger partial charge in [-0.2, -0.15) is 0 Å². The fourth-order valence-electron chi connectivity index (χ4n) is 1.48. The number of anilines is 1. The van der Waals surface area contributed by atoms with Crippen LogP contribution < -0.4 is 4.90 Å². The summed E-state index contributed by atoms with van der Waals surface area (Å²) in [5.41, 5.74) is 0.223. The van der Waals surface area contributed by atoms with Gasteiger partial charge in [0.25, 0.3) is 0 Å². The molecule has 0 bridgehead atoms. The van der Waals surface area contributed by atoms with Crippen molar-refractivity contribution in [2.24, 2.45) is 0 Å². The van der Waals surface area contributed by atoms with Crippen LogP contribution in [0.1, 0.15) is 16.1 Å². The van der Waals surface area contributed by atoms with Gasteiger partial charge in [-0.1, -0.05) is 0 Å². The molecule has 0 saturated carbocycles. The summed E-state index contributed by atoms with van der Waals surface area (Å²) in [6.07, 6.45) is 3.09. The standard InChI is InChI=1S/C12H12N2O3/c1-14(8-10-3-2-6-17-10)11-7-9(12(15)16)4-5-13-11/h2-7H,8H2,1H3,(H,15,16). The highest BCUT2D eigenvalue weighted by molar-refractivity contribution is 5.88. The zero-order chi connectivity index (χ0) is 12.3. The van der Waals surface area contributed by atoms with E-state index in [0.29, 0.717) is 12.4 Å². The van der Waals surface area contributed by atoms with E-state index in [0.717, 1.165) is 5.76 Å². The number of aromatic carboxylic acids is 1. The van der Waals surface area contributed by atoms with Gasteiger partial charge in [-0.25, -0.2) is 9.78 Å². The molecule has 0 spiro atoms. The van der Waals surface area contributed by atoms with E-state index in [1.54, 1.807) is 6.26 Å². The summed E-state index contributed by atoms with van der Waals surface area (Å²) in [5, 5.41) is 8.88. The van der Waals surface area contributed by atoms with Crippen molar-refractivity contribution in [1.29, 1.82) is 0 Å². The van der Waals surface area contributed by atoms with Gasteiger partial charge in [0.05, 0.1) is 18.4 Å². The summed E-state index contributed by atoms with van der Waals surface area (Å²) < 4.78 is 5.22. The van der Waals surface area contributed by atoms with Gasteiger partial charge < -0.3 is 14.4 Å². The second kappa shape index (κ2) is 4.69. The van der Waals surface area contributed by atoms with Crippen LogP contribution in [0.15, 0.2) is 41.1 Å². The second-order valence-electron chi connectivity index (χ2n) is 3.64. The smallest absolute Gasteiger partial charge is 0.335 e. The van der Waals surface area contributed by atoms with Gasteiger partial charge in [-0.05, 0) is 24.3 Å². The molecule has 0 atom stereocenters. The maximum Gasteiger partial charge on any atom is 0.335 e. The Morgan fingerprint density at radius 3 is 3.00 bits per heavy atom. The lowest BCUT2D eigenvalue weighted by Gasteiger charge is -2.16. The third-order valence-corrected chi connectivity index (χ3v) is 2.36. The predicted molar refractivity (Wildman–Crippen MR) is 62.0 cm³/mol. The molecule has 5 heteroatoms. The number of hydrogen-bond acceptors (Lipinski definition) is 4. The summed E-state index contributed by atoms with van der Waals surface area (Å²) in [4.78, 5) is 16.8. The minimum atomic E-state index is -0.958. The lowest BCUT2D eigenvalue weighted by Crippen LogP contribution is -2.17. The molecule has 0 amide bonds. The van der Waals surface area contributed by atoms with Crippen molar-refractivity contribution < 1.29 is 14.3 Å². The minimum Gasteiger partial charge on any atom is -0.478 e. The first-order valence-corrected chi connectivity index (χ1v) is 5.09. The molecule has 0 aliphatic heterocycles. The minimum absolute atomic E-state index is 0.223. The SMILES string of the molecule is CN(Cc1ccco1)c1cc(C(=O)O)ccn1. The predicted octanol–water partition coefficient (Wildman–Crippen LogP) is 2.01. The molecule has 2 rings (SSSR count). The van der Waals surface area contributed by atoms with E-state index in [9.17, 15) is 4.79 Å². The Labute approximate surface area is 98.3 Å². The van der Waals surface area contributed by atoms with E-state index in [1.165, 1.54) is 18.3 Å². The highest BCUT2D eigenvalue weighted by Crippen LogP contribution is 2.14. The first-order chi connectivity index (χ1) is 8.16. The average Bonchev–Trinajstić information content (AvgIpc) is 2.82. The topological polar surface area (TPSA) is 66.6 Å². The molecule has 0 radical (unpaired) electrons. The molecule has 0 fully saturated rings. The number of carboxylic acid groups (broad SMARTS) is 1. The van der Waals surface area contributed by atoms with E-state index in [-0.39, 0.29) is 5.56 Å². The molecule has 2 heterocycles. The molecule has 0 unspecified atom stereocenters. The number of furan rings is 1. The van der Waals surface area contributed by atoms with E-state index >= 15 is 0 Å². The summed E-state index contributed by atoms with van der Waals surface area (Å²) in [7, 11) is 1.83. The first-order valence-electron chi connectivity index (χ1n) is 5.09. The molecule has 1 N–H and O–H groups in total. The molecule has 88 valence electrons. The highest BCUT2D eigenvalue weighted by atomic mass is 16.4. The van der Waals surface area contributed by atoms with Crippen LogP contribution in [0.4, 0.5) is 5.82 Å². The largest absolute Gasteiger partial charge is 0.478 e. The summed E-state index contributed by atoms with van der Waals surface area (Å²) in [6, 6.07) is 6.67. The van der Waals surface area contributed by atoms with Crippen LogP contribution in [0.5, 0.6) is 0 Å². The molecule has 17 heavy (non-hydrogen) atoms. The highest BCUT2D eigenvalue weighted by Gasteiger charge is 2.09.